The summed E-state index contributed by atoms with van der Waals surface area (Å²) in [5.74, 6) is -3.10. The molecule has 0 heterocycles. The molecule has 1 aromatic rings. The molecule has 1 amide bonds. The zero-order valence-corrected chi connectivity index (χ0v) is 9.50. The third-order valence-electron chi connectivity index (χ3n) is 1.78. The van der Waals surface area contributed by atoms with Crippen molar-refractivity contribution in [2.75, 3.05) is 16.8 Å². The van der Waals surface area contributed by atoms with Gasteiger partial charge in [-0.3, -0.25) is 4.79 Å². The van der Waals surface area contributed by atoms with E-state index in [4.69, 9.17) is 5.26 Å². The predicted octanol–water partition coefficient (Wildman–Crippen LogP) is 0.703. The van der Waals surface area contributed by atoms with Gasteiger partial charge < -0.3 is 5.32 Å². The fourth-order valence-corrected chi connectivity index (χ4v) is 1.87. The molecule has 0 aliphatic carbocycles. The second-order valence-electron chi connectivity index (χ2n) is 3.22. The van der Waals surface area contributed by atoms with Gasteiger partial charge in [-0.25, -0.2) is 12.8 Å². The number of amides is 1. The van der Waals surface area contributed by atoms with Crippen LogP contribution in [-0.4, -0.2) is 25.8 Å². The van der Waals surface area contributed by atoms with Gasteiger partial charge in [0.2, 0.25) is 5.91 Å². The van der Waals surface area contributed by atoms with E-state index in [1.165, 1.54) is 24.3 Å². The molecule has 1 aromatic carbocycles. The predicted molar refractivity (Wildman–Crippen MR) is 59.3 cm³/mol. The Balaban J connectivity index is 2.70. The van der Waals surface area contributed by atoms with Gasteiger partial charge in [0.25, 0.3) is 0 Å². The molecule has 7 heteroatoms. The lowest BCUT2D eigenvalue weighted by atomic mass is 10.3. The fourth-order valence-electron chi connectivity index (χ4n) is 1.10. The number of nitrogens with zero attached hydrogens (tertiary/aromatic N) is 1. The summed E-state index contributed by atoms with van der Waals surface area (Å²) in [7, 11) is -3.76. The van der Waals surface area contributed by atoms with Gasteiger partial charge in [-0.15, -0.1) is 0 Å². The van der Waals surface area contributed by atoms with Crippen molar-refractivity contribution in [1.29, 1.82) is 5.26 Å². The normalized spacial score (nSPS) is 10.6. The maximum atomic E-state index is 13.1. The molecule has 0 aromatic heterocycles. The van der Waals surface area contributed by atoms with Crippen LogP contribution in [0, 0.1) is 17.1 Å². The van der Waals surface area contributed by atoms with E-state index in [2.05, 4.69) is 5.32 Å². The Kier molecular flexibility index (Phi) is 4.17. The minimum absolute atomic E-state index is 0.0929. The summed E-state index contributed by atoms with van der Waals surface area (Å²) in [6.07, 6.45) is 0. The molecule has 0 saturated carbocycles. The third kappa shape index (κ3) is 4.20. The first-order valence-electron chi connectivity index (χ1n) is 4.56. The molecule has 0 aliphatic rings. The Morgan fingerprint density at radius 1 is 1.41 bits per heavy atom. The van der Waals surface area contributed by atoms with Gasteiger partial charge in [-0.1, -0.05) is 12.1 Å². The molecule has 0 spiro atoms. The maximum absolute atomic E-state index is 13.1. The third-order valence-corrected chi connectivity index (χ3v) is 3.05. The van der Waals surface area contributed by atoms with Crippen LogP contribution in [0.2, 0.25) is 0 Å². The first-order valence-corrected chi connectivity index (χ1v) is 6.38. The molecule has 1 N–H and O–H groups in total. The topological polar surface area (TPSA) is 87.0 Å². The quantitative estimate of drug-likeness (QED) is 0.859. The highest BCUT2D eigenvalue weighted by Crippen LogP contribution is 2.12. The largest absolute Gasteiger partial charge is 0.323 e. The van der Waals surface area contributed by atoms with E-state index in [9.17, 15) is 17.6 Å². The van der Waals surface area contributed by atoms with E-state index in [1.807, 2.05) is 0 Å². The lowest BCUT2D eigenvalue weighted by Gasteiger charge is -2.05. The van der Waals surface area contributed by atoms with Crippen LogP contribution in [0.15, 0.2) is 24.3 Å². The number of sulfone groups is 1. The summed E-state index contributed by atoms with van der Waals surface area (Å²) >= 11 is 0. The van der Waals surface area contributed by atoms with Gasteiger partial charge in [-0.2, -0.15) is 5.26 Å². The number of carbonyl (C=O) groups excluding carboxylic acids is 1. The molecule has 0 atom stereocenters. The van der Waals surface area contributed by atoms with Crippen LogP contribution in [0.3, 0.4) is 0 Å². The number of benzene rings is 1. The van der Waals surface area contributed by atoms with Gasteiger partial charge >= 0.3 is 0 Å². The van der Waals surface area contributed by atoms with Crippen LogP contribution in [0.25, 0.3) is 0 Å². The number of anilines is 1. The molecule has 0 unspecified atom stereocenters. The number of hydrogen-bond acceptors (Lipinski definition) is 4. The van der Waals surface area contributed by atoms with E-state index in [0.29, 0.717) is 0 Å². The van der Waals surface area contributed by atoms with Crippen LogP contribution >= 0.6 is 0 Å². The molecule has 17 heavy (non-hydrogen) atoms. The Morgan fingerprint density at radius 2 is 2.06 bits per heavy atom. The van der Waals surface area contributed by atoms with Crippen LogP contribution in [0.4, 0.5) is 10.1 Å². The van der Waals surface area contributed by atoms with Gasteiger partial charge in [0.15, 0.2) is 9.84 Å². The van der Waals surface area contributed by atoms with Crippen molar-refractivity contribution in [3.05, 3.63) is 30.1 Å². The number of halogens is 1. The smallest absolute Gasteiger partial charge is 0.239 e. The Morgan fingerprint density at radius 3 is 2.65 bits per heavy atom. The minimum atomic E-state index is -3.76. The number of para-hydroxylation sites is 1. The van der Waals surface area contributed by atoms with E-state index in [1.54, 1.807) is 0 Å². The zero-order valence-electron chi connectivity index (χ0n) is 8.68. The van der Waals surface area contributed by atoms with Crippen molar-refractivity contribution in [1.82, 2.24) is 0 Å². The SMILES string of the molecule is N#CCS(=O)(=O)CC(=O)Nc1ccccc1F. The van der Waals surface area contributed by atoms with Crippen LogP contribution in [-0.2, 0) is 14.6 Å². The minimum Gasteiger partial charge on any atom is -0.323 e. The lowest BCUT2D eigenvalue weighted by Crippen LogP contribution is -2.24. The number of nitrogens with one attached hydrogen (secondary N) is 1. The molecular formula is C10H9FN2O3S. The van der Waals surface area contributed by atoms with Crippen molar-refractivity contribution in [3.63, 3.8) is 0 Å². The van der Waals surface area contributed by atoms with E-state index in [0.717, 1.165) is 6.07 Å². The second-order valence-corrected chi connectivity index (χ2v) is 5.28. The first-order chi connectivity index (χ1) is 7.94. The van der Waals surface area contributed by atoms with E-state index < -0.39 is 33.1 Å². The standard InChI is InChI=1S/C10H9FN2O3S/c11-8-3-1-2-4-9(8)13-10(14)7-17(15,16)6-5-12/h1-4H,6-7H2,(H,13,14). The highest BCUT2D eigenvalue weighted by molar-refractivity contribution is 7.92. The summed E-state index contributed by atoms with van der Waals surface area (Å²) in [6.45, 7) is 0. The van der Waals surface area contributed by atoms with E-state index >= 15 is 0 Å². The van der Waals surface area contributed by atoms with Crippen molar-refractivity contribution < 1.29 is 17.6 Å². The molecule has 0 bridgehead atoms. The van der Waals surface area contributed by atoms with Crippen LogP contribution in [0.5, 0.6) is 0 Å². The summed E-state index contributed by atoms with van der Waals surface area (Å²) in [5, 5.41) is 10.3. The lowest BCUT2D eigenvalue weighted by molar-refractivity contribution is -0.113. The molecule has 5 nitrogen and oxygen atoms in total. The fraction of sp³-hybridized carbons (Fsp3) is 0.200. The molecule has 0 saturated heterocycles. The Bertz CT molecular complexity index is 563. The maximum Gasteiger partial charge on any atom is 0.239 e. The summed E-state index contributed by atoms with van der Waals surface area (Å²) in [5.41, 5.74) is -0.0929. The second kappa shape index (κ2) is 5.41. The van der Waals surface area contributed by atoms with Crippen molar-refractivity contribution in [2.45, 2.75) is 0 Å². The molecular weight excluding hydrogens is 247 g/mol. The summed E-state index contributed by atoms with van der Waals surface area (Å²) in [6, 6.07) is 6.84. The summed E-state index contributed by atoms with van der Waals surface area (Å²) < 4.78 is 35.4. The highest BCUT2D eigenvalue weighted by atomic mass is 32.2. The van der Waals surface area contributed by atoms with Crippen molar-refractivity contribution in [2.24, 2.45) is 0 Å². The van der Waals surface area contributed by atoms with Crippen LogP contribution in [0.1, 0.15) is 0 Å². The van der Waals surface area contributed by atoms with Crippen LogP contribution < -0.4 is 5.32 Å². The number of nitriles is 1. The van der Waals surface area contributed by atoms with E-state index in [-0.39, 0.29) is 5.69 Å². The van der Waals surface area contributed by atoms with Gasteiger partial charge in [0.1, 0.15) is 17.3 Å². The highest BCUT2D eigenvalue weighted by Gasteiger charge is 2.17. The molecule has 0 radical (unpaired) electrons. The molecule has 0 aliphatic heterocycles. The monoisotopic (exact) mass is 256 g/mol. The Labute approximate surface area is 97.8 Å². The number of hydrogen-bond donors (Lipinski definition) is 1. The molecule has 1 rings (SSSR count). The molecule has 90 valence electrons. The summed E-state index contributed by atoms with van der Waals surface area (Å²) in [4.78, 5) is 11.3. The van der Waals surface area contributed by atoms with Crippen molar-refractivity contribution >= 4 is 21.4 Å². The molecule has 0 fully saturated rings. The Hall–Kier alpha value is -1.94. The number of carbonyl (C=O) groups is 1. The van der Waals surface area contributed by atoms with Crippen molar-refractivity contribution in [3.8, 4) is 6.07 Å². The van der Waals surface area contributed by atoms with Gasteiger partial charge in [0, 0.05) is 0 Å². The first kappa shape index (κ1) is 13.1. The van der Waals surface area contributed by atoms with Gasteiger partial charge in [-0.05, 0) is 12.1 Å². The van der Waals surface area contributed by atoms with Gasteiger partial charge in [0.05, 0.1) is 11.8 Å². The zero-order chi connectivity index (χ0) is 12.9. The average Bonchev–Trinajstić information content (AvgIpc) is 2.20. The average molecular weight is 256 g/mol. The number of rotatable bonds is 4.